The van der Waals surface area contributed by atoms with Crippen LogP contribution in [0.15, 0.2) is 0 Å². The van der Waals surface area contributed by atoms with Crippen LogP contribution in [0, 0.1) is 11.8 Å². The van der Waals surface area contributed by atoms with Gasteiger partial charge >= 0.3 is 0 Å². The van der Waals surface area contributed by atoms with Crippen molar-refractivity contribution in [3.05, 3.63) is 0 Å². The van der Waals surface area contributed by atoms with E-state index in [9.17, 15) is 4.79 Å². The summed E-state index contributed by atoms with van der Waals surface area (Å²) >= 11 is 0. The van der Waals surface area contributed by atoms with Crippen molar-refractivity contribution in [3.63, 3.8) is 0 Å². The molecular weight excluding hydrogens is 226 g/mol. The molecule has 2 heterocycles. The molecular formula is C14H27N3O. The van der Waals surface area contributed by atoms with Gasteiger partial charge < -0.3 is 10.2 Å². The first-order valence-electron chi connectivity index (χ1n) is 7.32. The number of hydrogen-bond acceptors (Lipinski definition) is 3. The molecule has 1 N–H and O–H groups in total. The van der Waals surface area contributed by atoms with E-state index in [4.69, 9.17) is 0 Å². The van der Waals surface area contributed by atoms with Crippen LogP contribution in [0.4, 0.5) is 0 Å². The molecule has 2 aliphatic rings. The van der Waals surface area contributed by atoms with Crippen LogP contribution in [-0.4, -0.2) is 61.0 Å². The minimum Gasteiger partial charge on any atom is -0.341 e. The number of rotatable bonds is 4. The predicted octanol–water partition coefficient (Wildman–Crippen LogP) is 0.785. The van der Waals surface area contributed by atoms with Crippen LogP contribution >= 0.6 is 0 Å². The van der Waals surface area contributed by atoms with E-state index in [2.05, 4.69) is 35.9 Å². The Hall–Kier alpha value is -0.610. The van der Waals surface area contributed by atoms with Crippen LogP contribution in [0.5, 0.6) is 0 Å². The zero-order valence-electron chi connectivity index (χ0n) is 12.0. The zero-order valence-corrected chi connectivity index (χ0v) is 12.0. The monoisotopic (exact) mass is 253 g/mol. The van der Waals surface area contributed by atoms with Crippen molar-refractivity contribution < 1.29 is 4.79 Å². The summed E-state index contributed by atoms with van der Waals surface area (Å²) in [6, 6.07) is 0.568. The lowest BCUT2D eigenvalue weighted by Crippen LogP contribution is -2.59. The maximum atomic E-state index is 12.4. The van der Waals surface area contributed by atoms with Crippen molar-refractivity contribution in [2.45, 2.75) is 33.2 Å². The molecule has 104 valence electrons. The molecule has 2 unspecified atom stereocenters. The lowest BCUT2D eigenvalue weighted by molar-refractivity contribution is -0.135. The Labute approximate surface area is 111 Å². The molecule has 0 aromatic rings. The fourth-order valence-electron chi connectivity index (χ4n) is 3.17. The average molecular weight is 253 g/mol. The SMILES string of the molecule is CCN(CC(=O)N1CC(C)CC(C)C1)C1CNC1. The Morgan fingerprint density at radius 2 is 1.89 bits per heavy atom. The standard InChI is InChI=1S/C14H27N3O/c1-4-16(13-6-15-7-13)10-14(18)17-8-11(2)5-12(3)9-17/h11-13,15H,4-10H2,1-3H3. The third-order valence-corrected chi connectivity index (χ3v) is 4.24. The van der Waals surface area contributed by atoms with Crippen molar-refractivity contribution in [3.8, 4) is 0 Å². The molecule has 0 aromatic heterocycles. The van der Waals surface area contributed by atoms with Crippen LogP contribution in [0.2, 0.25) is 0 Å². The number of likely N-dealkylation sites (tertiary alicyclic amines) is 1. The van der Waals surface area contributed by atoms with Gasteiger partial charge in [0, 0.05) is 32.2 Å². The van der Waals surface area contributed by atoms with Gasteiger partial charge in [-0.1, -0.05) is 20.8 Å². The Bertz CT molecular complexity index is 281. The highest BCUT2D eigenvalue weighted by Crippen LogP contribution is 2.21. The van der Waals surface area contributed by atoms with E-state index >= 15 is 0 Å². The minimum atomic E-state index is 0.321. The zero-order chi connectivity index (χ0) is 13.1. The van der Waals surface area contributed by atoms with Gasteiger partial charge in [-0.25, -0.2) is 0 Å². The summed E-state index contributed by atoms with van der Waals surface area (Å²) in [5, 5.41) is 3.28. The molecule has 0 aromatic carbocycles. The van der Waals surface area contributed by atoms with Gasteiger partial charge in [0.15, 0.2) is 0 Å². The molecule has 0 aliphatic carbocycles. The number of nitrogens with zero attached hydrogens (tertiary/aromatic N) is 2. The fourth-order valence-corrected chi connectivity index (χ4v) is 3.17. The number of likely N-dealkylation sites (N-methyl/N-ethyl adjacent to an activating group) is 1. The highest BCUT2D eigenvalue weighted by molar-refractivity contribution is 5.78. The fraction of sp³-hybridized carbons (Fsp3) is 0.929. The van der Waals surface area contributed by atoms with E-state index in [-0.39, 0.29) is 0 Å². The van der Waals surface area contributed by atoms with Gasteiger partial charge in [-0.3, -0.25) is 9.69 Å². The smallest absolute Gasteiger partial charge is 0.236 e. The molecule has 1 amide bonds. The summed E-state index contributed by atoms with van der Waals surface area (Å²) in [6.07, 6.45) is 1.26. The van der Waals surface area contributed by atoms with Gasteiger partial charge in [0.2, 0.25) is 5.91 Å². The third kappa shape index (κ3) is 3.23. The van der Waals surface area contributed by atoms with Crippen molar-refractivity contribution in [2.75, 3.05) is 39.3 Å². The molecule has 0 radical (unpaired) electrons. The topological polar surface area (TPSA) is 35.6 Å². The summed E-state index contributed by atoms with van der Waals surface area (Å²) in [4.78, 5) is 16.8. The van der Waals surface area contributed by atoms with Gasteiger partial charge in [0.05, 0.1) is 6.54 Å². The number of amides is 1. The molecule has 2 aliphatic heterocycles. The van der Waals surface area contributed by atoms with Gasteiger partial charge in [-0.15, -0.1) is 0 Å². The van der Waals surface area contributed by atoms with Gasteiger partial charge in [0.1, 0.15) is 0 Å². The first kappa shape index (κ1) is 13.8. The van der Waals surface area contributed by atoms with Gasteiger partial charge in [0.25, 0.3) is 0 Å². The maximum absolute atomic E-state index is 12.4. The highest BCUT2D eigenvalue weighted by Gasteiger charge is 2.29. The second-order valence-corrected chi connectivity index (χ2v) is 6.12. The van der Waals surface area contributed by atoms with Crippen LogP contribution in [0.25, 0.3) is 0 Å². The lowest BCUT2D eigenvalue weighted by atomic mass is 9.92. The van der Waals surface area contributed by atoms with Crippen LogP contribution in [0.3, 0.4) is 0 Å². The summed E-state index contributed by atoms with van der Waals surface area (Å²) < 4.78 is 0. The maximum Gasteiger partial charge on any atom is 0.236 e. The Kier molecular flexibility index (Phi) is 4.62. The van der Waals surface area contributed by atoms with E-state index in [0.29, 0.717) is 30.3 Å². The Morgan fingerprint density at radius 3 is 2.33 bits per heavy atom. The molecule has 2 rings (SSSR count). The molecule has 0 saturated carbocycles. The van der Waals surface area contributed by atoms with Crippen LogP contribution in [-0.2, 0) is 4.79 Å². The molecule has 4 heteroatoms. The second-order valence-electron chi connectivity index (χ2n) is 6.12. The number of carbonyl (C=O) groups is 1. The van der Waals surface area contributed by atoms with Gasteiger partial charge in [-0.05, 0) is 24.8 Å². The van der Waals surface area contributed by atoms with Crippen LogP contribution in [0.1, 0.15) is 27.2 Å². The first-order chi connectivity index (χ1) is 8.60. The predicted molar refractivity (Wildman–Crippen MR) is 73.4 cm³/mol. The molecule has 2 saturated heterocycles. The Morgan fingerprint density at radius 1 is 1.28 bits per heavy atom. The van der Waals surface area contributed by atoms with Crippen LogP contribution < -0.4 is 5.32 Å². The number of piperidine rings is 1. The van der Waals surface area contributed by atoms with E-state index in [1.54, 1.807) is 0 Å². The van der Waals surface area contributed by atoms with E-state index < -0.39 is 0 Å². The summed E-state index contributed by atoms with van der Waals surface area (Å²) in [5.74, 6) is 1.62. The second kappa shape index (κ2) is 6.02. The van der Waals surface area contributed by atoms with Gasteiger partial charge in [-0.2, -0.15) is 0 Å². The van der Waals surface area contributed by atoms with E-state index in [1.165, 1.54) is 6.42 Å². The quantitative estimate of drug-likeness (QED) is 0.804. The Balaban J connectivity index is 1.85. The molecule has 0 spiro atoms. The molecule has 0 bridgehead atoms. The van der Waals surface area contributed by atoms with E-state index in [0.717, 1.165) is 32.7 Å². The number of hydrogen-bond donors (Lipinski definition) is 1. The normalized spacial score (nSPS) is 29.4. The minimum absolute atomic E-state index is 0.321. The molecule has 2 atom stereocenters. The largest absolute Gasteiger partial charge is 0.341 e. The third-order valence-electron chi connectivity index (χ3n) is 4.24. The van der Waals surface area contributed by atoms with E-state index in [1.807, 2.05) is 0 Å². The van der Waals surface area contributed by atoms with Crippen molar-refractivity contribution in [1.29, 1.82) is 0 Å². The van der Waals surface area contributed by atoms with Crippen molar-refractivity contribution in [1.82, 2.24) is 15.1 Å². The number of carbonyl (C=O) groups excluding carboxylic acids is 1. The molecule has 4 nitrogen and oxygen atoms in total. The average Bonchev–Trinajstić information content (AvgIpc) is 2.24. The van der Waals surface area contributed by atoms with Crippen molar-refractivity contribution in [2.24, 2.45) is 11.8 Å². The highest BCUT2D eigenvalue weighted by atomic mass is 16.2. The molecule has 2 fully saturated rings. The molecule has 18 heavy (non-hydrogen) atoms. The summed E-state index contributed by atoms with van der Waals surface area (Å²) in [5.41, 5.74) is 0. The first-order valence-corrected chi connectivity index (χ1v) is 7.32. The summed E-state index contributed by atoms with van der Waals surface area (Å²) in [6.45, 7) is 12.2. The van der Waals surface area contributed by atoms with Crippen molar-refractivity contribution >= 4 is 5.91 Å². The number of nitrogens with one attached hydrogen (secondary N) is 1. The lowest BCUT2D eigenvalue weighted by Gasteiger charge is -2.40. The summed E-state index contributed by atoms with van der Waals surface area (Å²) in [7, 11) is 0.